The van der Waals surface area contributed by atoms with Crippen molar-refractivity contribution in [2.24, 2.45) is 5.73 Å². The quantitative estimate of drug-likeness (QED) is 0.422. The first-order chi connectivity index (χ1) is 15.0. The van der Waals surface area contributed by atoms with Crippen LogP contribution in [0.15, 0.2) is 77.5 Å². The Morgan fingerprint density at radius 3 is 2.48 bits per heavy atom. The third-order valence-corrected chi connectivity index (χ3v) is 4.96. The number of furan rings is 1. The number of nitrogens with two attached hydrogens (primary N) is 1. The molecule has 0 aliphatic rings. The third-order valence-electron chi connectivity index (χ3n) is 4.72. The van der Waals surface area contributed by atoms with Gasteiger partial charge in [0.15, 0.2) is 5.76 Å². The van der Waals surface area contributed by atoms with Crippen LogP contribution in [-0.4, -0.2) is 23.3 Å². The van der Waals surface area contributed by atoms with Crippen LogP contribution in [0.3, 0.4) is 0 Å². The molecule has 31 heavy (non-hydrogen) atoms. The van der Waals surface area contributed by atoms with E-state index < -0.39 is 6.04 Å². The van der Waals surface area contributed by atoms with Crippen LogP contribution in [0.1, 0.15) is 32.5 Å². The number of nitrogens with one attached hydrogen (secondary N) is 2. The van der Waals surface area contributed by atoms with Crippen LogP contribution >= 0.6 is 11.6 Å². The van der Waals surface area contributed by atoms with Gasteiger partial charge >= 0.3 is 0 Å². The zero-order chi connectivity index (χ0) is 21.8. The van der Waals surface area contributed by atoms with E-state index in [0.29, 0.717) is 21.9 Å². The van der Waals surface area contributed by atoms with Gasteiger partial charge in [0, 0.05) is 46.6 Å². The highest BCUT2D eigenvalue weighted by Crippen LogP contribution is 2.23. The Hall–Kier alpha value is -3.68. The van der Waals surface area contributed by atoms with Gasteiger partial charge in [-0.15, -0.1) is 0 Å². The van der Waals surface area contributed by atoms with Crippen molar-refractivity contribution in [3.05, 3.63) is 95.0 Å². The number of halogens is 1. The molecule has 0 saturated carbocycles. The Labute approximate surface area is 183 Å². The summed E-state index contributed by atoms with van der Waals surface area (Å²) in [5.41, 5.74) is 8.73. The zero-order valence-corrected chi connectivity index (χ0v) is 17.1. The Kier molecular flexibility index (Phi) is 5.97. The maximum atomic E-state index is 12.4. The van der Waals surface area contributed by atoms with Gasteiger partial charge in [0.25, 0.3) is 11.8 Å². The molecule has 4 rings (SSSR count). The molecule has 0 spiro atoms. The standard InChI is InChI=1S/C23H19ClN4O3/c24-17-5-6-20-16(11-17)12-21(31-20)23(30)27-13-19(25)14-1-3-15(4-2-14)22(29)28-18-7-9-26-10-8-18/h1-12,19H,13,25H2,(H,27,30)(H,26,28,29). The lowest BCUT2D eigenvalue weighted by Gasteiger charge is -2.13. The Morgan fingerprint density at radius 2 is 1.74 bits per heavy atom. The highest BCUT2D eigenvalue weighted by molar-refractivity contribution is 6.31. The maximum Gasteiger partial charge on any atom is 0.287 e. The average Bonchev–Trinajstić information content (AvgIpc) is 3.21. The number of hydrogen-bond acceptors (Lipinski definition) is 5. The molecule has 0 aliphatic carbocycles. The molecule has 2 heterocycles. The van der Waals surface area contributed by atoms with Crippen LogP contribution in [0, 0.1) is 0 Å². The lowest BCUT2D eigenvalue weighted by atomic mass is 10.0. The fourth-order valence-corrected chi connectivity index (χ4v) is 3.23. The molecule has 2 amide bonds. The summed E-state index contributed by atoms with van der Waals surface area (Å²) in [7, 11) is 0. The number of anilines is 1. The van der Waals surface area contributed by atoms with Gasteiger partial charge in [0.2, 0.25) is 0 Å². The van der Waals surface area contributed by atoms with E-state index in [2.05, 4.69) is 15.6 Å². The number of amides is 2. The predicted octanol–water partition coefficient (Wildman–Crippen LogP) is 4.16. The lowest BCUT2D eigenvalue weighted by molar-refractivity contribution is 0.0925. The minimum Gasteiger partial charge on any atom is -0.451 e. The molecule has 8 heteroatoms. The normalized spacial score (nSPS) is 11.8. The van der Waals surface area contributed by atoms with E-state index in [-0.39, 0.29) is 24.1 Å². The second kappa shape index (κ2) is 8.99. The average molecular weight is 435 g/mol. The molecule has 2 aromatic heterocycles. The van der Waals surface area contributed by atoms with Gasteiger partial charge < -0.3 is 20.8 Å². The number of benzene rings is 2. The van der Waals surface area contributed by atoms with E-state index >= 15 is 0 Å². The summed E-state index contributed by atoms with van der Waals surface area (Å²) in [6, 6.07) is 16.7. The molecule has 7 nitrogen and oxygen atoms in total. The summed E-state index contributed by atoms with van der Waals surface area (Å²) >= 11 is 5.96. The van der Waals surface area contributed by atoms with Gasteiger partial charge in [0.05, 0.1) is 0 Å². The highest BCUT2D eigenvalue weighted by Gasteiger charge is 2.15. The molecule has 4 aromatic rings. The van der Waals surface area contributed by atoms with Gasteiger partial charge in [-0.3, -0.25) is 14.6 Å². The Morgan fingerprint density at radius 1 is 1.00 bits per heavy atom. The summed E-state index contributed by atoms with van der Waals surface area (Å²) in [6.07, 6.45) is 3.21. The SMILES string of the molecule is NC(CNC(=O)c1cc2cc(Cl)ccc2o1)c1ccc(C(=O)Nc2ccncc2)cc1. The number of carbonyl (C=O) groups is 2. The smallest absolute Gasteiger partial charge is 0.287 e. The van der Waals surface area contributed by atoms with Crippen molar-refractivity contribution >= 4 is 40.1 Å². The Balaban J connectivity index is 1.35. The van der Waals surface area contributed by atoms with Crippen molar-refractivity contribution in [1.82, 2.24) is 10.3 Å². The Bertz CT molecular complexity index is 1220. The van der Waals surface area contributed by atoms with Crippen LogP contribution in [0.25, 0.3) is 11.0 Å². The van der Waals surface area contributed by atoms with Gasteiger partial charge in [-0.05, 0) is 54.1 Å². The number of carbonyl (C=O) groups excluding carboxylic acids is 2. The summed E-state index contributed by atoms with van der Waals surface area (Å²) in [4.78, 5) is 28.6. The van der Waals surface area contributed by atoms with E-state index in [1.165, 1.54) is 0 Å². The van der Waals surface area contributed by atoms with Crippen LogP contribution in [0.4, 0.5) is 5.69 Å². The van der Waals surface area contributed by atoms with E-state index in [1.807, 2.05) is 0 Å². The number of rotatable bonds is 6. The topological polar surface area (TPSA) is 110 Å². The van der Waals surface area contributed by atoms with Crippen molar-refractivity contribution in [2.75, 3.05) is 11.9 Å². The molecule has 1 unspecified atom stereocenters. The van der Waals surface area contributed by atoms with Crippen LogP contribution in [0.5, 0.6) is 0 Å². The third kappa shape index (κ3) is 4.91. The van der Waals surface area contributed by atoms with Gasteiger partial charge in [-0.25, -0.2) is 0 Å². The first-order valence-electron chi connectivity index (χ1n) is 9.54. The molecule has 0 saturated heterocycles. The largest absolute Gasteiger partial charge is 0.451 e. The van der Waals surface area contributed by atoms with Crippen molar-refractivity contribution in [3.8, 4) is 0 Å². The highest BCUT2D eigenvalue weighted by atomic mass is 35.5. The number of fused-ring (bicyclic) bond motifs is 1. The van der Waals surface area contributed by atoms with E-state index in [0.717, 1.165) is 10.9 Å². The van der Waals surface area contributed by atoms with Gasteiger partial charge in [-0.1, -0.05) is 23.7 Å². The summed E-state index contributed by atoms with van der Waals surface area (Å²) in [5.74, 6) is -0.409. The van der Waals surface area contributed by atoms with Crippen molar-refractivity contribution in [3.63, 3.8) is 0 Å². The van der Waals surface area contributed by atoms with Crippen LogP contribution in [-0.2, 0) is 0 Å². The molecule has 0 radical (unpaired) electrons. The molecule has 0 fully saturated rings. The molecule has 2 aromatic carbocycles. The van der Waals surface area contributed by atoms with Crippen molar-refractivity contribution in [2.45, 2.75) is 6.04 Å². The minimum atomic E-state index is -0.444. The molecular weight excluding hydrogens is 416 g/mol. The van der Waals surface area contributed by atoms with Gasteiger partial charge in [-0.2, -0.15) is 0 Å². The molecule has 1 atom stereocenters. The van der Waals surface area contributed by atoms with E-state index in [4.69, 9.17) is 21.8 Å². The molecule has 4 N–H and O–H groups in total. The number of aromatic nitrogens is 1. The molecular formula is C23H19ClN4O3. The first-order valence-corrected chi connectivity index (χ1v) is 9.91. The minimum absolute atomic E-state index is 0.188. The number of nitrogens with zero attached hydrogens (tertiary/aromatic N) is 1. The maximum absolute atomic E-state index is 12.4. The molecule has 156 valence electrons. The summed E-state index contributed by atoms with van der Waals surface area (Å²) in [5, 5.41) is 6.88. The van der Waals surface area contributed by atoms with E-state index in [1.54, 1.807) is 73.1 Å². The second-order valence-electron chi connectivity index (χ2n) is 6.92. The number of pyridine rings is 1. The first kappa shape index (κ1) is 20.6. The van der Waals surface area contributed by atoms with Crippen molar-refractivity contribution < 1.29 is 14.0 Å². The number of hydrogen-bond donors (Lipinski definition) is 3. The van der Waals surface area contributed by atoms with Crippen molar-refractivity contribution in [1.29, 1.82) is 0 Å². The second-order valence-corrected chi connectivity index (χ2v) is 7.36. The lowest BCUT2D eigenvalue weighted by Crippen LogP contribution is -2.31. The molecule has 0 aliphatic heterocycles. The fourth-order valence-electron chi connectivity index (χ4n) is 3.05. The summed E-state index contributed by atoms with van der Waals surface area (Å²) < 4.78 is 5.55. The van der Waals surface area contributed by atoms with Gasteiger partial charge in [0.1, 0.15) is 5.58 Å². The predicted molar refractivity (Wildman–Crippen MR) is 119 cm³/mol. The summed E-state index contributed by atoms with van der Waals surface area (Å²) in [6.45, 7) is 0.208. The molecule has 0 bridgehead atoms. The zero-order valence-electron chi connectivity index (χ0n) is 16.3. The monoisotopic (exact) mass is 434 g/mol. The van der Waals surface area contributed by atoms with Crippen LogP contribution in [0.2, 0.25) is 5.02 Å². The van der Waals surface area contributed by atoms with Crippen LogP contribution < -0.4 is 16.4 Å². The fraction of sp³-hybridized carbons (Fsp3) is 0.0870. The van der Waals surface area contributed by atoms with E-state index in [9.17, 15) is 9.59 Å².